The van der Waals surface area contributed by atoms with Crippen molar-refractivity contribution in [2.75, 3.05) is 6.61 Å². The van der Waals surface area contributed by atoms with Gasteiger partial charge < -0.3 is 9.16 Å². The zero-order chi connectivity index (χ0) is 20.5. The molecule has 0 fully saturated rings. The summed E-state index contributed by atoms with van der Waals surface area (Å²) in [6.07, 6.45) is 0. The van der Waals surface area contributed by atoms with E-state index in [1.54, 1.807) is 11.3 Å². The third-order valence-corrected chi connectivity index (χ3v) is 10.8. The summed E-state index contributed by atoms with van der Waals surface area (Å²) in [6, 6.07) is 16.2. The molecule has 0 radical (unpaired) electrons. The highest BCUT2D eigenvalue weighted by Crippen LogP contribution is 2.43. The van der Waals surface area contributed by atoms with E-state index in [1.807, 2.05) is 37.3 Å². The monoisotopic (exact) mass is 412 g/mol. The van der Waals surface area contributed by atoms with Gasteiger partial charge in [-0.2, -0.15) is 0 Å². The topological polar surface area (TPSA) is 35.5 Å². The predicted molar refractivity (Wildman–Crippen MR) is 121 cm³/mol. The second-order valence-corrected chi connectivity index (χ2v) is 14.3. The minimum Gasteiger partial charge on any atom is -0.543 e. The van der Waals surface area contributed by atoms with Crippen LogP contribution in [-0.2, 0) is 4.74 Å². The summed E-state index contributed by atoms with van der Waals surface area (Å²) in [5, 5.41) is 1.12. The number of carbonyl (C=O) groups excluding carboxylic acids is 1. The van der Waals surface area contributed by atoms with Gasteiger partial charge in [0.15, 0.2) is 0 Å². The average Bonchev–Trinajstić information content (AvgIpc) is 3.06. The summed E-state index contributed by atoms with van der Waals surface area (Å²) >= 11 is 1.68. The second-order valence-electron chi connectivity index (χ2n) is 8.45. The lowest BCUT2D eigenvalue weighted by Crippen LogP contribution is -2.43. The average molecular weight is 413 g/mol. The molecule has 1 aromatic heterocycles. The van der Waals surface area contributed by atoms with Gasteiger partial charge in [-0.3, -0.25) is 0 Å². The van der Waals surface area contributed by atoms with Gasteiger partial charge in [-0.1, -0.05) is 51.1 Å². The van der Waals surface area contributed by atoms with Crippen molar-refractivity contribution in [1.82, 2.24) is 0 Å². The van der Waals surface area contributed by atoms with Crippen LogP contribution in [0.1, 0.15) is 38.1 Å². The zero-order valence-corrected chi connectivity index (χ0v) is 19.3. The van der Waals surface area contributed by atoms with Crippen molar-refractivity contribution < 1.29 is 14.0 Å². The van der Waals surface area contributed by atoms with Crippen LogP contribution >= 0.6 is 11.3 Å². The third-order valence-electron chi connectivity index (χ3n) is 5.34. The summed E-state index contributed by atoms with van der Waals surface area (Å²) in [4.78, 5) is 13.6. The van der Waals surface area contributed by atoms with Gasteiger partial charge >= 0.3 is 5.97 Å². The van der Waals surface area contributed by atoms with Gasteiger partial charge in [0, 0.05) is 15.0 Å². The van der Waals surface area contributed by atoms with Crippen LogP contribution in [0.3, 0.4) is 0 Å². The number of thiophene rings is 1. The molecular weight excluding hydrogens is 384 g/mol. The van der Waals surface area contributed by atoms with Gasteiger partial charge in [0.05, 0.1) is 12.2 Å². The normalized spacial score (nSPS) is 12.2. The van der Waals surface area contributed by atoms with E-state index in [4.69, 9.17) is 9.16 Å². The molecule has 0 aliphatic rings. The molecule has 0 aliphatic carbocycles. The van der Waals surface area contributed by atoms with Gasteiger partial charge in [-0.15, -0.1) is 11.3 Å². The fraction of sp³-hybridized carbons (Fsp3) is 0.348. The molecule has 0 aliphatic heterocycles. The van der Waals surface area contributed by atoms with Gasteiger partial charge in [0.25, 0.3) is 8.32 Å². The van der Waals surface area contributed by atoms with Crippen LogP contribution in [-0.4, -0.2) is 20.9 Å². The molecule has 0 amide bonds. The molecule has 0 saturated carbocycles. The molecule has 0 unspecified atom stereocenters. The predicted octanol–water partition coefficient (Wildman–Crippen LogP) is 7.13. The maximum Gasteiger partial charge on any atom is 0.338 e. The van der Waals surface area contributed by atoms with Crippen LogP contribution in [0.2, 0.25) is 18.1 Å². The first-order valence-electron chi connectivity index (χ1n) is 9.61. The molecule has 3 aromatic rings. The zero-order valence-electron chi connectivity index (χ0n) is 17.5. The molecule has 2 aromatic carbocycles. The molecule has 148 valence electrons. The van der Waals surface area contributed by atoms with Crippen molar-refractivity contribution in [2.24, 2.45) is 0 Å². The van der Waals surface area contributed by atoms with Crippen molar-refractivity contribution in [2.45, 2.75) is 45.8 Å². The van der Waals surface area contributed by atoms with E-state index in [0.717, 1.165) is 20.7 Å². The van der Waals surface area contributed by atoms with Crippen LogP contribution < -0.4 is 4.43 Å². The molecule has 3 rings (SSSR count). The van der Waals surface area contributed by atoms with E-state index < -0.39 is 8.32 Å². The van der Waals surface area contributed by atoms with Crippen molar-refractivity contribution in [3.8, 4) is 16.2 Å². The molecule has 0 bridgehead atoms. The largest absolute Gasteiger partial charge is 0.543 e. The van der Waals surface area contributed by atoms with Crippen LogP contribution in [0.25, 0.3) is 20.5 Å². The Labute approximate surface area is 172 Å². The van der Waals surface area contributed by atoms with Crippen molar-refractivity contribution in [3.63, 3.8) is 0 Å². The lowest BCUT2D eigenvalue weighted by Gasteiger charge is -2.36. The number of hydrogen-bond donors (Lipinski definition) is 0. The highest BCUT2D eigenvalue weighted by Gasteiger charge is 2.39. The van der Waals surface area contributed by atoms with Crippen LogP contribution in [0, 0.1) is 0 Å². The quantitative estimate of drug-likeness (QED) is 0.330. The Morgan fingerprint density at radius 1 is 1.07 bits per heavy atom. The summed E-state index contributed by atoms with van der Waals surface area (Å²) in [6.45, 7) is 13.3. The third kappa shape index (κ3) is 4.15. The minimum absolute atomic E-state index is 0.0670. The highest BCUT2D eigenvalue weighted by atomic mass is 32.1. The maximum absolute atomic E-state index is 12.4. The van der Waals surface area contributed by atoms with Gasteiger partial charge in [-0.25, -0.2) is 4.79 Å². The molecule has 0 atom stereocenters. The summed E-state index contributed by atoms with van der Waals surface area (Å²) in [5.74, 6) is 0.477. The van der Waals surface area contributed by atoms with Crippen LogP contribution in [0.15, 0.2) is 48.5 Å². The lowest BCUT2D eigenvalue weighted by molar-refractivity contribution is 0.0526. The molecule has 28 heavy (non-hydrogen) atoms. The summed E-state index contributed by atoms with van der Waals surface area (Å²) < 4.78 is 12.9. The fourth-order valence-corrected chi connectivity index (χ4v) is 4.84. The summed E-state index contributed by atoms with van der Waals surface area (Å²) in [7, 11) is -2.06. The van der Waals surface area contributed by atoms with Gasteiger partial charge in [-0.05, 0) is 48.8 Å². The fourth-order valence-electron chi connectivity index (χ4n) is 2.70. The molecule has 0 spiro atoms. The van der Waals surface area contributed by atoms with E-state index in [0.29, 0.717) is 12.2 Å². The molecule has 3 nitrogen and oxygen atoms in total. The Morgan fingerprint density at radius 3 is 2.36 bits per heavy atom. The van der Waals surface area contributed by atoms with E-state index in [9.17, 15) is 4.79 Å². The first kappa shape index (κ1) is 20.6. The van der Waals surface area contributed by atoms with Crippen molar-refractivity contribution in [3.05, 3.63) is 54.1 Å². The Morgan fingerprint density at radius 2 is 1.75 bits per heavy atom. The van der Waals surface area contributed by atoms with E-state index >= 15 is 0 Å². The van der Waals surface area contributed by atoms with Crippen molar-refractivity contribution >= 4 is 35.7 Å². The standard InChI is InChI=1S/C23H28O3SSi/c1-7-25-22(24)17-13-19(26-28(5,6)23(2,3)4)18-15-20(27-21(18)14-17)16-11-9-8-10-12-16/h8-15H,7H2,1-6H3. The Balaban J connectivity index is 2.15. The number of ether oxygens (including phenoxy) is 1. The molecule has 5 heteroatoms. The number of rotatable bonds is 5. The van der Waals surface area contributed by atoms with Crippen molar-refractivity contribution in [1.29, 1.82) is 0 Å². The first-order chi connectivity index (χ1) is 13.1. The number of benzene rings is 2. The smallest absolute Gasteiger partial charge is 0.338 e. The minimum atomic E-state index is -2.06. The van der Waals surface area contributed by atoms with Crippen LogP contribution in [0.4, 0.5) is 0 Å². The SMILES string of the molecule is CCOC(=O)c1cc(O[Si](C)(C)C(C)(C)C)c2cc(-c3ccccc3)sc2c1. The maximum atomic E-state index is 12.4. The number of esters is 1. The lowest BCUT2D eigenvalue weighted by atomic mass is 10.1. The van der Waals surface area contributed by atoms with Crippen LogP contribution in [0.5, 0.6) is 5.75 Å². The summed E-state index contributed by atoms with van der Waals surface area (Å²) in [5.41, 5.74) is 1.71. The van der Waals surface area contributed by atoms with Gasteiger partial charge in [0.1, 0.15) is 5.75 Å². The number of fused-ring (bicyclic) bond motifs is 1. The highest BCUT2D eigenvalue weighted by molar-refractivity contribution is 7.22. The second kappa shape index (κ2) is 7.72. The Bertz CT molecular complexity index is 984. The first-order valence-corrected chi connectivity index (χ1v) is 13.3. The molecule has 0 saturated heterocycles. The molecule has 1 heterocycles. The van der Waals surface area contributed by atoms with E-state index in [2.05, 4.69) is 52.1 Å². The number of hydrogen-bond acceptors (Lipinski definition) is 4. The van der Waals surface area contributed by atoms with E-state index in [1.165, 1.54) is 5.56 Å². The molecular formula is C23H28O3SSi. The molecule has 0 N–H and O–H groups in total. The number of carbonyl (C=O) groups is 1. The Kier molecular flexibility index (Phi) is 5.68. The van der Waals surface area contributed by atoms with Gasteiger partial charge in [0.2, 0.25) is 0 Å². The Hall–Kier alpha value is -2.11. The van der Waals surface area contributed by atoms with E-state index in [-0.39, 0.29) is 11.0 Å².